The van der Waals surface area contributed by atoms with Crippen LogP contribution in [-0.4, -0.2) is 47.6 Å². The Labute approximate surface area is 224 Å². The Balaban J connectivity index is 1.53. The molecule has 4 aromatic rings. The van der Waals surface area contributed by atoms with E-state index in [2.05, 4.69) is 10.6 Å². The Morgan fingerprint density at radius 2 is 1.82 bits per heavy atom. The van der Waals surface area contributed by atoms with Gasteiger partial charge in [0.05, 0.1) is 22.1 Å². The molecule has 0 bridgehead atoms. The van der Waals surface area contributed by atoms with Crippen LogP contribution in [0.15, 0.2) is 84.0 Å². The summed E-state index contributed by atoms with van der Waals surface area (Å²) in [5, 5.41) is 12.2. The molecule has 1 aliphatic heterocycles. The number of para-hydroxylation sites is 1. The van der Waals surface area contributed by atoms with Crippen LogP contribution in [0.4, 0.5) is 0 Å². The van der Waals surface area contributed by atoms with E-state index in [4.69, 9.17) is 5.10 Å². The highest BCUT2D eigenvalue weighted by Crippen LogP contribution is 2.29. The number of hydrogen-bond donors (Lipinski definition) is 2. The topological polar surface area (TPSA) is 110 Å². The normalized spacial score (nSPS) is 16.8. The fourth-order valence-electron chi connectivity index (χ4n) is 4.20. The first-order chi connectivity index (χ1) is 18.3. The molecule has 2 aromatic heterocycles. The molecule has 194 valence electrons. The maximum Gasteiger partial charge on any atom is 0.268 e. The molecule has 1 saturated heterocycles. The lowest BCUT2D eigenvalue weighted by Gasteiger charge is -2.14. The van der Waals surface area contributed by atoms with Crippen LogP contribution in [0.25, 0.3) is 22.3 Å². The number of sulfone groups is 1. The van der Waals surface area contributed by atoms with Crippen molar-refractivity contribution in [3.05, 3.63) is 101 Å². The molecule has 0 spiro atoms. The lowest BCUT2D eigenvalue weighted by molar-refractivity contribution is -0.118. The Hall–Kier alpha value is -4.02. The second-order valence-corrected chi connectivity index (χ2v) is 12.3. The zero-order chi connectivity index (χ0) is 26.7. The number of thiophene rings is 1. The fraction of sp³-hybridized carbons (Fsp3) is 0.179. The number of rotatable bonds is 7. The summed E-state index contributed by atoms with van der Waals surface area (Å²) in [7, 11) is -3.19. The highest BCUT2D eigenvalue weighted by atomic mass is 32.2. The van der Waals surface area contributed by atoms with Crippen LogP contribution >= 0.6 is 11.3 Å². The van der Waals surface area contributed by atoms with Crippen LogP contribution in [0.2, 0.25) is 0 Å². The maximum atomic E-state index is 13.4. The number of nitrogens with one attached hydrogen (secondary N) is 2. The number of aromatic nitrogens is 2. The average Bonchev–Trinajstić information content (AvgIpc) is 3.64. The van der Waals surface area contributed by atoms with E-state index >= 15 is 0 Å². The second-order valence-electron chi connectivity index (χ2n) is 9.14. The highest BCUT2D eigenvalue weighted by Gasteiger charge is 2.30. The zero-order valence-corrected chi connectivity index (χ0v) is 22.3. The molecule has 8 nitrogen and oxygen atoms in total. The van der Waals surface area contributed by atoms with Gasteiger partial charge in [0.2, 0.25) is 0 Å². The Kier molecular flexibility index (Phi) is 7.26. The summed E-state index contributed by atoms with van der Waals surface area (Å²) in [5.74, 6) is -1.10. The quantitative estimate of drug-likeness (QED) is 0.341. The van der Waals surface area contributed by atoms with Gasteiger partial charge in [0.15, 0.2) is 9.84 Å². The monoisotopic (exact) mass is 546 g/mol. The first-order valence-corrected chi connectivity index (χ1v) is 14.8. The third-order valence-corrected chi connectivity index (χ3v) is 8.84. The van der Waals surface area contributed by atoms with Gasteiger partial charge in [0.25, 0.3) is 11.8 Å². The number of hydrogen-bond acceptors (Lipinski definition) is 6. The number of carbonyl (C=O) groups is 2. The van der Waals surface area contributed by atoms with Gasteiger partial charge in [-0.1, -0.05) is 42.0 Å². The van der Waals surface area contributed by atoms with Crippen LogP contribution in [-0.2, 0) is 14.6 Å². The molecule has 2 N–H and O–H groups in total. The number of carbonyl (C=O) groups excluding carboxylic acids is 2. The summed E-state index contributed by atoms with van der Waals surface area (Å²) in [4.78, 5) is 27.4. The first-order valence-electron chi connectivity index (χ1n) is 12.1. The van der Waals surface area contributed by atoms with Gasteiger partial charge in [0.1, 0.15) is 11.4 Å². The van der Waals surface area contributed by atoms with E-state index in [9.17, 15) is 18.0 Å². The Morgan fingerprint density at radius 1 is 1.05 bits per heavy atom. The standard InChI is InChI=1S/C28H26N4O4S2/c1-19-9-11-20(12-10-19)27(33)30-24(28(34)29-22-13-15-38(35,36)18-22)16-21-17-32(23-6-3-2-4-7-23)31-26(21)25-8-5-14-37-25/h2-12,14,16-17,22H,13,15,18H2,1H3,(H,29,34)(H,30,33)/b24-16-/t22-/m1/s1. The van der Waals surface area contributed by atoms with E-state index in [1.54, 1.807) is 29.1 Å². The van der Waals surface area contributed by atoms with Crippen molar-refractivity contribution in [3.63, 3.8) is 0 Å². The van der Waals surface area contributed by atoms with Crippen LogP contribution in [0.1, 0.15) is 27.9 Å². The number of amides is 2. The SMILES string of the molecule is Cc1ccc(C(=O)N/C(=C\c2cn(-c3ccccc3)nc2-c2cccs2)C(=O)N[C@@H]2CCS(=O)(=O)C2)cc1. The van der Waals surface area contributed by atoms with Gasteiger partial charge >= 0.3 is 0 Å². The third-order valence-electron chi connectivity index (χ3n) is 6.19. The molecule has 0 aliphatic carbocycles. The minimum Gasteiger partial charge on any atom is -0.347 e. The van der Waals surface area contributed by atoms with Crippen molar-refractivity contribution in [2.24, 2.45) is 0 Å². The summed E-state index contributed by atoms with van der Waals surface area (Å²) >= 11 is 1.51. The lowest BCUT2D eigenvalue weighted by Crippen LogP contribution is -2.41. The average molecular weight is 547 g/mol. The summed E-state index contributed by atoms with van der Waals surface area (Å²) in [5.41, 5.74) is 3.54. The largest absolute Gasteiger partial charge is 0.347 e. The first kappa shape index (κ1) is 25.6. The summed E-state index contributed by atoms with van der Waals surface area (Å²) in [6, 6.07) is 19.9. The number of nitrogens with zero attached hydrogens (tertiary/aromatic N) is 2. The van der Waals surface area contributed by atoms with Crippen LogP contribution < -0.4 is 10.6 Å². The molecule has 2 amide bonds. The number of aryl methyl sites for hydroxylation is 1. The summed E-state index contributed by atoms with van der Waals surface area (Å²) < 4.78 is 25.6. The van der Waals surface area contributed by atoms with Gasteiger partial charge in [-0.2, -0.15) is 5.10 Å². The molecule has 0 radical (unpaired) electrons. The van der Waals surface area contributed by atoms with Crippen molar-refractivity contribution < 1.29 is 18.0 Å². The Bertz CT molecular complexity index is 1590. The predicted octanol–water partition coefficient (Wildman–Crippen LogP) is 3.98. The lowest BCUT2D eigenvalue weighted by atomic mass is 10.1. The molecule has 5 rings (SSSR count). The zero-order valence-electron chi connectivity index (χ0n) is 20.6. The summed E-state index contributed by atoms with van der Waals surface area (Å²) in [6.45, 7) is 1.92. The van der Waals surface area contributed by atoms with Gasteiger partial charge in [0, 0.05) is 23.4 Å². The molecule has 2 aromatic carbocycles. The third kappa shape index (κ3) is 5.92. The van der Waals surface area contributed by atoms with E-state index < -0.39 is 27.7 Å². The van der Waals surface area contributed by atoms with E-state index in [0.29, 0.717) is 23.2 Å². The fourth-order valence-corrected chi connectivity index (χ4v) is 6.60. The molecule has 0 unspecified atom stereocenters. The maximum absolute atomic E-state index is 13.4. The van der Waals surface area contributed by atoms with Crippen molar-refractivity contribution in [3.8, 4) is 16.3 Å². The molecule has 1 aliphatic rings. The minimum absolute atomic E-state index is 0.00490. The van der Waals surface area contributed by atoms with Gasteiger partial charge < -0.3 is 10.6 Å². The van der Waals surface area contributed by atoms with Crippen molar-refractivity contribution in [1.29, 1.82) is 0 Å². The molecule has 0 saturated carbocycles. The molecule has 10 heteroatoms. The van der Waals surface area contributed by atoms with Crippen molar-refractivity contribution in [2.45, 2.75) is 19.4 Å². The summed E-state index contributed by atoms with van der Waals surface area (Å²) in [6.07, 6.45) is 3.72. The molecule has 3 heterocycles. The minimum atomic E-state index is -3.19. The van der Waals surface area contributed by atoms with E-state index in [0.717, 1.165) is 16.1 Å². The van der Waals surface area contributed by atoms with Crippen LogP contribution in [0.3, 0.4) is 0 Å². The van der Waals surface area contributed by atoms with Crippen molar-refractivity contribution >= 4 is 39.1 Å². The van der Waals surface area contributed by atoms with Gasteiger partial charge in [-0.3, -0.25) is 9.59 Å². The Morgan fingerprint density at radius 3 is 2.47 bits per heavy atom. The van der Waals surface area contributed by atoms with Gasteiger partial charge in [-0.15, -0.1) is 11.3 Å². The molecular weight excluding hydrogens is 520 g/mol. The van der Waals surface area contributed by atoms with E-state index in [-0.39, 0.29) is 17.2 Å². The van der Waals surface area contributed by atoms with Gasteiger partial charge in [-0.25, -0.2) is 13.1 Å². The molecule has 38 heavy (non-hydrogen) atoms. The van der Waals surface area contributed by atoms with Gasteiger partial charge in [-0.05, 0) is 55.1 Å². The molecule has 1 fully saturated rings. The highest BCUT2D eigenvalue weighted by molar-refractivity contribution is 7.91. The van der Waals surface area contributed by atoms with E-state index in [1.807, 2.05) is 66.9 Å². The second kappa shape index (κ2) is 10.8. The molecule has 1 atom stereocenters. The number of benzene rings is 2. The van der Waals surface area contributed by atoms with E-state index in [1.165, 1.54) is 11.3 Å². The van der Waals surface area contributed by atoms with Crippen molar-refractivity contribution in [1.82, 2.24) is 20.4 Å². The smallest absolute Gasteiger partial charge is 0.268 e. The molecular formula is C28H26N4O4S2. The van der Waals surface area contributed by atoms with Crippen LogP contribution in [0.5, 0.6) is 0 Å². The van der Waals surface area contributed by atoms with Crippen LogP contribution in [0, 0.1) is 6.92 Å². The predicted molar refractivity (Wildman–Crippen MR) is 149 cm³/mol. The van der Waals surface area contributed by atoms with Crippen molar-refractivity contribution in [2.75, 3.05) is 11.5 Å².